The normalized spacial score (nSPS) is 15.2. The Morgan fingerprint density at radius 1 is 1.10 bits per heavy atom. The number of carboxylic acid groups (broad SMARTS) is 1. The first kappa shape index (κ1) is 17.2. The summed E-state index contributed by atoms with van der Waals surface area (Å²) in [6.45, 7) is -0.486. The molecule has 0 aliphatic carbocycles. The second-order valence-electron chi connectivity index (χ2n) is 6.28. The SMILES string of the molecule is O=C(O)CN1C(=O)/C(=c2\sc3nc(-c4ccncc4)nn3c2=O)c2ccccc21. The number of fused-ring (bicyclic) bond motifs is 2. The molecular weight excluding hydrogens is 394 g/mol. The van der Waals surface area contributed by atoms with E-state index in [0.29, 0.717) is 22.0 Å². The van der Waals surface area contributed by atoms with Gasteiger partial charge in [0.25, 0.3) is 11.5 Å². The average molecular weight is 405 g/mol. The van der Waals surface area contributed by atoms with Gasteiger partial charge in [0.05, 0.1) is 11.3 Å². The molecule has 10 heteroatoms. The lowest BCUT2D eigenvalue weighted by molar-refractivity contribution is -0.136. The predicted octanol–water partition coefficient (Wildman–Crippen LogP) is 0.562. The van der Waals surface area contributed by atoms with Crippen LogP contribution in [0.1, 0.15) is 5.56 Å². The van der Waals surface area contributed by atoms with Crippen LogP contribution in [0, 0.1) is 0 Å². The molecule has 9 nitrogen and oxygen atoms in total. The van der Waals surface area contributed by atoms with Gasteiger partial charge in [-0.15, -0.1) is 5.10 Å². The largest absolute Gasteiger partial charge is 0.480 e. The third kappa shape index (κ3) is 2.61. The van der Waals surface area contributed by atoms with Crippen molar-refractivity contribution < 1.29 is 14.7 Å². The fraction of sp³-hybridized carbons (Fsp3) is 0.0526. The zero-order valence-corrected chi connectivity index (χ0v) is 15.5. The second kappa shape index (κ2) is 6.31. The molecule has 5 rings (SSSR count). The molecule has 4 aromatic rings. The van der Waals surface area contributed by atoms with E-state index in [-0.39, 0.29) is 10.1 Å². The van der Waals surface area contributed by atoms with E-state index in [4.69, 9.17) is 5.11 Å². The summed E-state index contributed by atoms with van der Waals surface area (Å²) in [5, 5.41) is 13.4. The van der Waals surface area contributed by atoms with Crippen molar-refractivity contribution in [3.63, 3.8) is 0 Å². The number of para-hydroxylation sites is 1. The highest BCUT2D eigenvalue weighted by Gasteiger charge is 2.35. The Morgan fingerprint density at radius 2 is 1.86 bits per heavy atom. The maximum Gasteiger partial charge on any atom is 0.323 e. The Bertz CT molecular complexity index is 1410. The number of benzene rings is 1. The van der Waals surface area contributed by atoms with Crippen LogP contribution in [0.25, 0.3) is 21.9 Å². The maximum absolute atomic E-state index is 13.0. The fourth-order valence-electron chi connectivity index (χ4n) is 3.30. The molecular formula is C19H11N5O4S. The first-order valence-corrected chi connectivity index (χ1v) is 9.33. The molecule has 0 radical (unpaired) electrons. The molecule has 1 aliphatic heterocycles. The number of hydrogen-bond donors (Lipinski definition) is 1. The van der Waals surface area contributed by atoms with Crippen LogP contribution in [0.5, 0.6) is 0 Å². The molecule has 0 fully saturated rings. The van der Waals surface area contributed by atoms with Crippen molar-refractivity contribution in [1.82, 2.24) is 19.6 Å². The van der Waals surface area contributed by atoms with Crippen molar-refractivity contribution in [3.8, 4) is 11.4 Å². The van der Waals surface area contributed by atoms with Crippen molar-refractivity contribution in [2.75, 3.05) is 11.4 Å². The number of pyridine rings is 1. The van der Waals surface area contributed by atoms with Gasteiger partial charge in [-0.2, -0.15) is 9.50 Å². The molecule has 3 aromatic heterocycles. The predicted molar refractivity (Wildman–Crippen MR) is 105 cm³/mol. The summed E-state index contributed by atoms with van der Waals surface area (Å²) in [4.78, 5) is 47.0. The number of hydrogen-bond acceptors (Lipinski definition) is 7. The molecule has 0 saturated heterocycles. The van der Waals surface area contributed by atoms with Crippen LogP contribution in [0.2, 0.25) is 0 Å². The number of thiazole rings is 1. The van der Waals surface area contributed by atoms with Gasteiger partial charge in [0.1, 0.15) is 11.1 Å². The Hall–Kier alpha value is -3.92. The molecule has 1 amide bonds. The third-order valence-corrected chi connectivity index (χ3v) is 5.57. The summed E-state index contributed by atoms with van der Waals surface area (Å²) >= 11 is 1.05. The van der Waals surface area contributed by atoms with Crippen LogP contribution in [0.4, 0.5) is 5.69 Å². The molecule has 0 spiro atoms. The monoisotopic (exact) mass is 405 g/mol. The van der Waals surface area contributed by atoms with Crippen LogP contribution in [-0.2, 0) is 9.59 Å². The van der Waals surface area contributed by atoms with Crippen LogP contribution >= 0.6 is 11.3 Å². The quantitative estimate of drug-likeness (QED) is 0.529. The summed E-state index contributed by atoms with van der Waals surface area (Å²) in [7, 11) is 0. The summed E-state index contributed by atoms with van der Waals surface area (Å²) in [5.74, 6) is -1.27. The second-order valence-corrected chi connectivity index (χ2v) is 7.26. The fourth-order valence-corrected chi connectivity index (χ4v) is 4.30. The highest BCUT2D eigenvalue weighted by atomic mass is 32.1. The molecule has 4 heterocycles. The van der Waals surface area contributed by atoms with Gasteiger partial charge in [0.2, 0.25) is 4.96 Å². The number of anilines is 1. The Labute approximate surface area is 166 Å². The number of rotatable bonds is 3. The standard InChI is InChI=1S/C19H11N5O4S/c25-13(26)9-23-12-4-2-1-3-11(12)14(17(23)27)15-18(28)24-19(29-15)21-16(22-24)10-5-7-20-8-6-10/h1-8H,9H2,(H,25,26)/b15-14-. The minimum atomic E-state index is -1.14. The van der Waals surface area contributed by atoms with Crippen LogP contribution in [0.3, 0.4) is 0 Å². The Balaban J connectivity index is 1.73. The van der Waals surface area contributed by atoms with E-state index in [1.807, 2.05) is 0 Å². The lowest BCUT2D eigenvalue weighted by Gasteiger charge is -2.13. The number of amides is 1. The Morgan fingerprint density at radius 3 is 2.59 bits per heavy atom. The van der Waals surface area contributed by atoms with Gasteiger partial charge in [0.15, 0.2) is 5.82 Å². The molecule has 0 unspecified atom stereocenters. The molecule has 29 heavy (non-hydrogen) atoms. The summed E-state index contributed by atoms with van der Waals surface area (Å²) in [6, 6.07) is 10.3. The van der Waals surface area contributed by atoms with Crippen molar-refractivity contribution in [2.45, 2.75) is 0 Å². The number of carbonyl (C=O) groups excluding carboxylic acids is 1. The zero-order chi connectivity index (χ0) is 20.1. The summed E-state index contributed by atoms with van der Waals surface area (Å²) < 4.78 is 1.35. The van der Waals surface area contributed by atoms with E-state index >= 15 is 0 Å². The van der Waals surface area contributed by atoms with Gasteiger partial charge in [-0.1, -0.05) is 29.5 Å². The molecule has 1 N–H and O–H groups in total. The number of nitrogens with zero attached hydrogens (tertiary/aromatic N) is 5. The van der Waals surface area contributed by atoms with Crippen LogP contribution < -0.4 is 15.0 Å². The summed E-state index contributed by atoms with van der Waals surface area (Å²) in [6.07, 6.45) is 3.21. The number of carbonyl (C=O) groups is 2. The minimum absolute atomic E-state index is 0.176. The number of aliphatic carboxylic acids is 1. The lowest BCUT2D eigenvalue weighted by atomic mass is 10.1. The van der Waals surface area contributed by atoms with Crippen molar-refractivity contribution in [2.24, 2.45) is 0 Å². The van der Waals surface area contributed by atoms with E-state index in [9.17, 15) is 14.4 Å². The van der Waals surface area contributed by atoms with E-state index in [2.05, 4.69) is 15.1 Å². The van der Waals surface area contributed by atoms with E-state index in [1.165, 1.54) is 4.52 Å². The van der Waals surface area contributed by atoms with Crippen molar-refractivity contribution in [1.29, 1.82) is 0 Å². The van der Waals surface area contributed by atoms with Crippen LogP contribution in [0.15, 0.2) is 53.6 Å². The van der Waals surface area contributed by atoms with Crippen LogP contribution in [-0.4, -0.2) is 43.1 Å². The van der Waals surface area contributed by atoms with E-state index in [1.54, 1.807) is 48.8 Å². The molecule has 1 aliphatic rings. The van der Waals surface area contributed by atoms with Gasteiger partial charge >= 0.3 is 5.97 Å². The maximum atomic E-state index is 13.0. The van der Waals surface area contributed by atoms with E-state index in [0.717, 1.165) is 21.8 Å². The van der Waals surface area contributed by atoms with Gasteiger partial charge in [-0.3, -0.25) is 24.3 Å². The topological polar surface area (TPSA) is 118 Å². The Kier molecular flexibility index (Phi) is 3.74. The summed E-state index contributed by atoms with van der Waals surface area (Å²) in [5.41, 5.74) is 1.42. The molecule has 0 bridgehead atoms. The minimum Gasteiger partial charge on any atom is -0.480 e. The van der Waals surface area contributed by atoms with Gasteiger partial charge < -0.3 is 5.11 Å². The first-order chi connectivity index (χ1) is 14.0. The zero-order valence-electron chi connectivity index (χ0n) is 14.6. The molecule has 0 saturated carbocycles. The highest BCUT2D eigenvalue weighted by Crippen LogP contribution is 2.34. The molecule has 1 aromatic carbocycles. The van der Waals surface area contributed by atoms with Gasteiger partial charge in [0, 0.05) is 23.5 Å². The van der Waals surface area contributed by atoms with E-state index < -0.39 is 24.0 Å². The number of carboxylic acids is 1. The smallest absolute Gasteiger partial charge is 0.323 e. The lowest BCUT2D eigenvalue weighted by Crippen LogP contribution is -2.35. The first-order valence-electron chi connectivity index (χ1n) is 8.52. The highest BCUT2D eigenvalue weighted by molar-refractivity contribution is 7.15. The molecule has 0 atom stereocenters. The third-order valence-electron chi connectivity index (χ3n) is 4.54. The van der Waals surface area contributed by atoms with Crippen molar-refractivity contribution in [3.05, 3.63) is 69.2 Å². The average Bonchev–Trinajstić information content (AvgIpc) is 3.35. The number of aromatic nitrogens is 4. The van der Waals surface area contributed by atoms with Gasteiger partial charge in [-0.25, -0.2) is 0 Å². The van der Waals surface area contributed by atoms with Crippen molar-refractivity contribution >= 4 is 39.4 Å². The molecule has 142 valence electrons. The van der Waals surface area contributed by atoms with Gasteiger partial charge in [-0.05, 0) is 18.2 Å².